The van der Waals surface area contributed by atoms with Gasteiger partial charge in [0.1, 0.15) is 5.82 Å². The van der Waals surface area contributed by atoms with E-state index in [2.05, 4.69) is 11.8 Å². The zero-order chi connectivity index (χ0) is 18.0. The fraction of sp³-hybridized carbons (Fsp3) is 0.333. The molecule has 0 amide bonds. The molecule has 2 N–H and O–H groups in total. The smallest absolute Gasteiger partial charge is 0.238 e. The van der Waals surface area contributed by atoms with Crippen molar-refractivity contribution in [3.63, 3.8) is 0 Å². The van der Waals surface area contributed by atoms with E-state index in [0.717, 1.165) is 37.9 Å². The fourth-order valence-electron chi connectivity index (χ4n) is 3.02. The number of benzene rings is 2. The normalized spacial score (nSPS) is 17.4. The summed E-state index contributed by atoms with van der Waals surface area (Å²) in [5.74, 6) is -0.611. The number of nitrogens with zero attached hydrogens (tertiary/aromatic N) is 1. The molecule has 5 nitrogen and oxygen atoms in total. The highest BCUT2D eigenvalue weighted by Crippen LogP contribution is 2.28. The Bertz CT molecular complexity index is 847. The van der Waals surface area contributed by atoms with Gasteiger partial charge in [-0.2, -0.15) is 0 Å². The highest BCUT2D eigenvalue weighted by atomic mass is 32.2. The monoisotopic (exact) mass is 364 g/mol. The molecule has 134 valence electrons. The largest absolute Gasteiger partial charge is 0.379 e. The van der Waals surface area contributed by atoms with Crippen molar-refractivity contribution in [2.24, 2.45) is 5.14 Å². The number of ether oxygens (including phenoxy) is 1. The predicted octanol–water partition coefficient (Wildman–Crippen LogP) is 2.53. The Balaban J connectivity index is 1.82. The summed E-state index contributed by atoms with van der Waals surface area (Å²) in [6, 6.07) is 11.6. The molecule has 1 aliphatic heterocycles. The lowest BCUT2D eigenvalue weighted by atomic mass is 10.00. The summed E-state index contributed by atoms with van der Waals surface area (Å²) < 4.78 is 42.2. The van der Waals surface area contributed by atoms with Gasteiger partial charge in [-0.15, -0.1) is 0 Å². The van der Waals surface area contributed by atoms with Crippen LogP contribution in [0.2, 0.25) is 0 Å². The molecule has 1 heterocycles. The Kier molecular flexibility index (Phi) is 5.19. The highest BCUT2D eigenvalue weighted by Gasteiger charge is 2.19. The maximum absolute atomic E-state index is 14.3. The summed E-state index contributed by atoms with van der Waals surface area (Å²) in [6.07, 6.45) is 0. The van der Waals surface area contributed by atoms with E-state index in [4.69, 9.17) is 9.88 Å². The molecule has 25 heavy (non-hydrogen) atoms. The van der Waals surface area contributed by atoms with Crippen molar-refractivity contribution in [3.8, 4) is 11.1 Å². The summed E-state index contributed by atoms with van der Waals surface area (Å²) in [6.45, 7) is 5.41. The SMILES string of the molecule is C[C@@H](c1ccc(-c2ccc(S(N)(=O)=O)cc2F)cc1)N1CCOCC1. The van der Waals surface area contributed by atoms with Gasteiger partial charge in [-0.3, -0.25) is 4.90 Å². The van der Waals surface area contributed by atoms with E-state index in [9.17, 15) is 12.8 Å². The van der Waals surface area contributed by atoms with Crippen molar-refractivity contribution >= 4 is 10.0 Å². The lowest BCUT2D eigenvalue weighted by Crippen LogP contribution is -2.37. The van der Waals surface area contributed by atoms with Crippen molar-refractivity contribution < 1.29 is 17.5 Å². The maximum atomic E-state index is 14.3. The minimum Gasteiger partial charge on any atom is -0.379 e. The molecule has 0 spiro atoms. The van der Waals surface area contributed by atoms with Gasteiger partial charge in [0.25, 0.3) is 0 Å². The van der Waals surface area contributed by atoms with E-state index >= 15 is 0 Å². The summed E-state index contributed by atoms with van der Waals surface area (Å²) in [5, 5.41) is 5.03. The van der Waals surface area contributed by atoms with Crippen LogP contribution in [-0.2, 0) is 14.8 Å². The minimum atomic E-state index is -3.91. The van der Waals surface area contributed by atoms with Gasteiger partial charge in [0.2, 0.25) is 10.0 Å². The van der Waals surface area contributed by atoms with Crippen LogP contribution >= 0.6 is 0 Å². The van der Waals surface area contributed by atoms with Crippen molar-refractivity contribution in [2.75, 3.05) is 26.3 Å². The van der Waals surface area contributed by atoms with E-state index in [0.29, 0.717) is 11.1 Å². The molecular weight excluding hydrogens is 343 g/mol. The number of sulfonamides is 1. The quantitative estimate of drug-likeness (QED) is 0.905. The number of hydrogen-bond donors (Lipinski definition) is 1. The second-order valence-electron chi connectivity index (χ2n) is 6.13. The van der Waals surface area contributed by atoms with E-state index in [-0.39, 0.29) is 10.9 Å². The Morgan fingerprint density at radius 1 is 1.12 bits per heavy atom. The van der Waals surface area contributed by atoms with E-state index in [1.165, 1.54) is 12.1 Å². The second kappa shape index (κ2) is 7.21. The first kappa shape index (κ1) is 18.0. The fourth-order valence-corrected chi connectivity index (χ4v) is 3.55. The molecule has 0 aromatic heterocycles. The number of morpholine rings is 1. The van der Waals surface area contributed by atoms with Gasteiger partial charge >= 0.3 is 0 Å². The first-order valence-corrected chi connectivity index (χ1v) is 9.65. The van der Waals surface area contributed by atoms with Crippen LogP contribution in [0.1, 0.15) is 18.5 Å². The zero-order valence-electron chi connectivity index (χ0n) is 14.0. The summed E-state index contributed by atoms with van der Waals surface area (Å²) in [5.41, 5.74) is 2.18. The van der Waals surface area contributed by atoms with Gasteiger partial charge in [0, 0.05) is 24.7 Å². The molecule has 1 atom stereocenters. The van der Waals surface area contributed by atoms with Crippen LogP contribution in [0, 0.1) is 5.82 Å². The summed E-state index contributed by atoms with van der Waals surface area (Å²) in [7, 11) is -3.91. The molecule has 2 aromatic rings. The topological polar surface area (TPSA) is 72.6 Å². The average molecular weight is 364 g/mol. The third kappa shape index (κ3) is 4.07. The Morgan fingerprint density at radius 2 is 1.76 bits per heavy atom. The Hall–Kier alpha value is -1.80. The molecule has 7 heteroatoms. The van der Waals surface area contributed by atoms with Crippen LogP contribution in [-0.4, -0.2) is 39.6 Å². The van der Waals surface area contributed by atoms with Crippen molar-refractivity contribution in [1.82, 2.24) is 4.90 Å². The van der Waals surface area contributed by atoms with Crippen molar-refractivity contribution in [2.45, 2.75) is 17.9 Å². The van der Waals surface area contributed by atoms with Gasteiger partial charge in [0.15, 0.2) is 0 Å². The number of hydrogen-bond acceptors (Lipinski definition) is 4. The molecule has 0 radical (unpaired) electrons. The van der Waals surface area contributed by atoms with Gasteiger partial charge < -0.3 is 4.74 Å². The third-order valence-electron chi connectivity index (χ3n) is 4.57. The Morgan fingerprint density at radius 3 is 2.32 bits per heavy atom. The number of primary sulfonamides is 1. The van der Waals surface area contributed by atoms with Crippen LogP contribution in [0.3, 0.4) is 0 Å². The molecule has 0 aliphatic carbocycles. The Labute approximate surface area is 147 Å². The maximum Gasteiger partial charge on any atom is 0.238 e. The lowest BCUT2D eigenvalue weighted by Gasteiger charge is -2.32. The number of halogens is 1. The van der Waals surface area contributed by atoms with Crippen LogP contribution in [0.5, 0.6) is 0 Å². The van der Waals surface area contributed by atoms with Gasteiger partial charge in [0.05, 0.1) is 18.1 Å². The highest BCUT2D eigenvalue weighted by molar-refractivity contribution is 7.89. The first-order valence-electron chi connectivity index (χ1n) is 8.11. The van der Waals surface area contributed by atoms with Crippen molar-refractivity contribution in [1.29, 1.82) is 0 Å². The molecule has 0 saturated carbocycles. The van der Waals surface area contributed by atoms with Crippen LogP contribution in [0.15, 0.2) is 47.4 Å². The summed E-state index contributed by atoms with van der Waals surface area (Å²) >= 11 is 0. The van der Waals surface area contributed by atoms with Crippen molar-refractivity contribution in [3.05, 3.63) is 53.8 Å². The lowest BCUT2D eigenvalue weighted by molar-refractivity contribution is 0.0198. The second-order valence-corrected chi connectivity index (χ2v) is 7.69. The summed E-state index contributed by atoms with van der Waals surface area (Å²) in [4.78, 5) is 2.12. The first-order chi connectivity index (χ1) is 11.9. The van der Waals surface area contributed by atoms with Crippen LogP contribution < -0.4 is 5.14 Å². The van der Waals surface area contributed by atoms with Gasteiger partial charge in [-0.05, 0) is 30.2 Å². The molecule has 2 aromatic carbocycles. The van der Waals surface area contributed by atoms with E-state index < -0.39 is 15.8 Å². The predicted molar refractivity (Wildman–Crippen MR) is 94.0 cm³/mol. The van der Waals surface area contributed by atoms with E-state index in [1.54, 1.807) is 0 Å². The molecule has 1 fully saturated rings. The zero-order valence-corrected chi connectivity index (χ0v) is 14.8. The van der Waals surface area contributed by atoms with Gasteiger partial charge in [-0.25, -0.2) is 17.9 Å². The molecule has 0 bridgehead atoms. The third-order valence-corrected chi connectivity index (χ3v) is 5.48. The average Bonchev–Trinajstić information content (AvgIpc) is 2.61. The molecule has 1 saturated heterocycles. The van der Waals surface area contributed by atoms with Gasteiger partial charge in [-0.1, -0.05) is 30.3 Å². The van der Waals surface area contributed by atoms with Crippen LogP contribution in [0.4, 0.5) is 4.39 Å². The molecule has 3 rings (SSSR count). The molecular formula is C18H21FN2O3S. The van der Waals surface area contributed by atoms with Crippen LogP contribution in [0.25, 0.3) is 11.1 Å². The molecule has 1 aliphatic rings. The minimum absolute atomic E-state index is 0.230. The van der Waals surface area contributed by atoms with E-state index in [1.807, 2.05) is 24.3 Å². The number of rotatable bonds is 4. The standard InChI is InChI=1S/C18H21FN2O3S/c1-13(21-8-10-24-11-9-21)14-2-4-15(5-3-14)17-7-6-16(12-18(17)19)25(20,22)23/h2-7,12-13H,8-11H2,1H3,(H2,20,22,23)/t13-/m0/s1. The number of nitrogens with two attached hydrogens (primary N) is 1. The molecule has 0 unspecified atom stereocenters.